The quantitative estimate of drug-likeness (QED) is 0.187. The minimum absolute atomic E-state index is 0.00519. The van der Waals surface area contributed by atoms with Gasteiger partial charge in [-0.25, -0.2) is 0 Å². The summed E-state index contributed by atoms with van der Waals surface area (Å²) in [5.74, 6) is 0. The van der Waals surface area contributed by atoms with Crippen LogP contribution >= 0.6 is 0 Å². The zero-order chi connectivity index (χ0) is 29.8. The number of fused-ring (bicyclic) bond motifs is 9. The highest BCUT2D eigenvalue weighted by Gasteiger charge is 2.26. The number of aromatic nitrogens is 1. The molecule has 0 atom stereocenters. The first kappa shape index (κ1) is 25.8. The molecule has 43 heavy (non-hydrogen) atoms. The molecular formula is C39H33NO3. The highest BCUT2D eigenvalue weighted by molar-refractivity contribution is 6.23. The molecule has 0 N–H and O–H groups in total. The Morgan fingerprint density at radius 1 is 0.558 bits per heavy atom. The molecular weight excluding hydrogens is 530 g/mol. The van der Waals surface area contributed by atoms with Crippen LogP contribution in [0.3, 0.4) is 0 Å². The second-order valence-electron chi connectivity index (χ2n) is 13.8. The van der Waals surface area contributed by atoms with E-state index < -0.39 is 0 Å². The Kier molecular flexibility index (Phi) is 5.17. The first-order valence-corrected chi connectivity index (χ1v) is 14.9. The van der Waals surface area contributed by atoms with E-state index in [-0.39, 0.29) is 16.3 Å². The molecule has 0 aliphatic heterocycles. The predicted octanol–water partition coefficient (Wildman–Crippen LogP) is 10.5. The van der Waals surface area contributed by atoms with Crippen molar-refractivity contribution < 1.29 is 8.83 Å². The summed E-state index contributed by atoms with van der Waals surface area (Å²) in [6, 6.07) is 31.1. The summed E-state index contributed by atoms with van der Waals surface area (Å²) >= 11 is 0. The Labute approximate surface area is 249 Å². The summed E-state index contributed by atoms with van der Waals surface area (Å²) in [7, 11) is 0. The second-order valence-corrected chi connectivity index (χ2v) is 13.8. The Morgan fingerprint density at radius 2 is 1.26 bits per heavy atom. The molecule has 0 spiro atoms. The number of hydrogen-bond acceptors (Lipinski definition) is 3. The van der Waals surface area contributed by atoms with E-state index in [1.54, 1.807) is 0 Å². The molecule has 0 aliphatic rings. The van der Waals surface area contributed by atoms with E-state index in [0.717, 1.165) is 60.6 Å². The van der Waals surface area contributed by atoms with Gasteiger partial charge in [0, 0.05) is 33.5 Å². The van der Waals surface area contributed by atoms with Gasteiger partial charge in [-0.05, 0) is 58.9 Å². The van der Waals surface area contributed by atoms with Crippen molar-refractivity contribution in [1.82, 2.24) is 4.57 Å². The summed E-state index contributed by atoms with van der Waals surface area (Å²) in [5.41, 5.74) is 7.94. The molecule has 8 aromatic rings. The highest BCUT2D eigenvalue weighted by Crippen LogP contribution is 2.41. The molecule has 0 saturated carbocycles. The van der Waals surface area contributed by atoms with Gasteiger partial charge in [0.15, 0.2) is 0 Å². The van der Waals surface area contributed by atoms with Crippen molar-refractivity contribution in [2.75, 3.05) is 0 Å². The average Bonchev–Trinajstić information content (AvgIpc) is 3.51. The lowest BCUT2D eigenvalue weighted by Gasteiger charge is -2.26. The fourth-order valence-corrected chi connectivity index (χ4v) is 6.59. The van der Waals surface area contributed by atoms with Crippen LogP contribution in [0.25, 0.3) is 71.4 Å². The van der Waals surface area contributed by atoms with Gasteiger partial charge in [-0.3, -0.25) is 4.79 Å². The maximum absolute atomic E-state index is 14.0. The monoisotopic (exact) mass is 563 g/mol. The standard InChI is InChI=1S/C39H33NO3/c1-38(2,3)22-19-28-35(41)27-16-15-23(21-33(27)43-36(28)29(20-22)39(4,5)6)40-30-13-9-7-12-26(30)34-31(40)18-17-25-24-11-8-10-14-32(24)42-37(25)34/h7-21H,1-6H3. The molecule has 4 nitrogen and oxygen atoms in total. The Bertz CT molecular complexity index is 2490. The summed E-state index contributed by atoms with van der Waals surface area (Å²) in [5, 5.41) is 5.64. The lowest BCUT2D eigenvalue weighted by molar-refractivity contribution is 0.557. The molecule has 0 aliphatic carbocycles. The van der Waals surface area contributed by atoms with E-state index in [9.17, 15) is 4.79 Å². The molecule has 0 unspecified atom stereocenters. The largest absolute Gasteiger partial charge is 0.455 e. The van der Waals surface area contributed by atoms with Gasteiger partial charge in [0.2, 0.25) is 5.43 Å². The summed E-state index contributed by atoms with van der Waals surface area (Å²) in [4.78, 5) is 14.0. The smallest absolute Gasteiger partial charge is 0.200 e. The van der Waals surface area contributed by atoms with Crippen LogP contribution in [0.1, 0.15) is 52.7 Å². The summed E-state index contributed by atoms with van der Waals surface area (Å²) in [6.45, 7) is 13.1. The van der Waals surface area contributed by atoms with Crippen LogP contribution in [0.2, 0.25) is 0 Å². The van der Waals surface area contributed by atoms with E-state index in [1.165, 1.54) is 0 Å². The SMILES string of the molecule is CC(C)(C)c1cc(C(C)(C)C)c2oc3cc(-n4c5ccccc5c5c6oc7ccccc7c6ccc54)ccc3c(=O)c2c1. The van der Waals surface area contributed by atoms with Crippen LogP contribution in [-0.2, 0) is 10.8 Å². The highest BCUT2D eigenvalue weighted by atomic mass is 16.3. The molecule has 3 heterocycles. The normalized spacial score (nSPS) is 13.0. The maximum atomic E-state index is 14.0. The van der Waals surface area contributed by atoms with Gasteiger partial charge in [-0.1, -0.05) is 84.0 Å². The van der Waals surface area contributed by atoms with Gasteiger partial charge in [0.25, 0.3) is 0 Å². The molecule has 0 saturated heterocycles. The summed E-state index contributed by atoms with van der Waals surface area (Å²) < 4.78 is 15.4. The molecule has 0 amide bonds. The van der Waals surface area contributed by atoms with E-state index in [0.29, 0.717) is 21.9 Å². The molecule has 5 aromatic carbocycles. The number of nitrogens with zero attached hydrogens (tertiary/aromatic N) is 1. The third kappa shape index (κ3) is 3.72. The number of furan rings is 1. The number of benzene rings is 5. The first-order chi connectivity index (χ1) is 20.5. The van der Waals surface area contributed by atoms with Crippen molar-refractivity contribution >= 4 is 65.7 Å². The van der Waals surface area contributed by atoms with Gasteiger partial charge in [0.05, 0.1) is 27.2 Å². The van der Waals surface area contributed by atoms with Crippen LogP contribution in [0.5, 0.6) is 0 Å². The number of para-hydroxylation sites is 2. The third-order valence-electron chi connectivity index (χ3n) is 8.87. The zero-order valence-electron chi connectivity index (χ0n) is 25.3. The zero-order valence-corrected chi connectivity index (χ0v) is 25.3. The minimum atomic E-state index is -0.203. The van der Waals surface area contributed by atoms with Crippen molar-refractivity contribution in [2.24, 2.45) is 0 Å². The number of rotatable bonds is 1. The molecule has 212 valence electrons. The maximum Gasteiger partial charge on any atom is 0.200 e. The number of hydrogen-bond donors (Lipinski definition) is 0. The van der Waals surface area contributed by atoms with E-state index in [1.807, 2.05) is 42.5 Å². The van der Waals surface area contributed by atoms with Crippen LogP contribution in [0, 0.1) is 0 Å². The molecule has 8 rings (SSSR count). The molecule has 0 radical (unpaired) electrons. The summed E-state index contributed by atoms with van der Waals surface area (Å²) in [6.07, 6.45) is 0. The predicted molar refractivity (Wildman–Crippen MR) is 179 cm³/mol. The lowest BCUT2D eigenvalue weighted by atomic mass is 9.79. The van der Waals surface area contributed by atoms with Gasteiger partial charge in [-0.15, -0.1) is 0 Å². The molecule has 0 bridgehead atoms. The third-order valence-corrected chi connectivity index (χ3v) is 8.87. The fourth-order valence-electron chi connectivity index (χ4n) is 6.59. The second kappa shape index (κ2) is 8.61. The average molecular weight is 564 g/mol. The fraction of sp³-hybridized carbons (Fsp3) is 0.205. The van der Waals surface area contributed by atoms with Crippen molar-refractivity contribution in [3.63, 3.8) is 0 Å². The van der Waals surface area contributed by atoms with Crippen LogP contribution < -0.4 is 5.43 Å². The van der Waals surface area contributed by atoms with Gasteiger partial charge in [-0.2, -0.15) is 0 Å². The van der Waals surface area contributed by atoms with Crippen molar-refractivity contribution in [2.45, 2.75) is 52.4 Å². The topological polar surface area (TPSA) is 48.3 Å². The van der Waals surface area contributed by atoms with Crippen LogP contribution in [0.4, 0.5) is 0 Å². The molecule has 0 fully saturated rings. The van der Waals surface area contributed by atoms with Gasteiger partial charge < -0.3 is 13.4 Å². The molecule has 3 aromatic heterocycles. The Balaban J connectivity index is 1.45. The van der Waals surface area contributed by atoms with Crippen LogP contribution in [-0.4, -0.2) is 4.57 Å². The van der Waals surface area contributed by atoms with E-state index >= 15 is 0 Å². The van der Waals surface area contributed by atoms with Gasteiger partial charge >= 0.3 is 0 Å². The van der Waals surface area contributed by atoms with Crippen molar-refractivity contribution in [1.29, 1.82) is 0 Å². The van der Waals surface area contributed by atoms with Crippen molar-refractivity contribution in [3.05, 3.63) is 112 Å². The first-order valence-electron chi connectivity index (χ1n) is 14.9. The van der Waals surface area contributed by atoms with E-state index in [2.05, 4.69) is 94.6 Å². The van der Waals surface area contributed by atoms with Gasteiger partial charge in [0.1, 0.15) is 22.3 Å². The van der Waals surface area contributed by atoms with Crippen molar-refractivity contribution in [3.8, 4) is 5.69 Å². The Morgan fingerprint density at radius 3 is 2.02 bits per heavy atom. The molecule has 4 heteroatoms. The Hall–Kier alpha value is -4.83. The van der Waals surface area contributed by atoms with E-state index in [4.69, 9.17) is 8.83 Å². The lowest BCUT2D eigenvalue weighted by Crippen LogP contribution is -2.18. The van der Waals surface area contributed by atoms with Crippen LogP contribution in [0.15, 0.2) is 105 Å². The minimum Gasteiger partial charge on any atom is -0.455 e.